The lowest BCUT2D eigenvalue weighted by atomic mass is 10.1. The first-order chi connectivity index (χ1) is 7.15. The summed E-state index contributed by atoms with van der Waals surface area (Å²) in [7, 11) is 0. The molecule has 0 aromatic carbocycles. The number of hydrogen-bond donors (Lipinski definition) is 3. The first-order valence-electron chi connectivity index (χ1n) is 5.02. The Kier molecular flexibility index (Phi) is 4.74. The summed E-state index contributed by atoms with van der Waals surface area (Å²) in [4.78, 5) is 11.6. The lowest BCUT2D eigenvalue weighted by molar-refractivity contribution is -0.120. The number of amides is 1. The third kappa shape index (κ3) is 3.62. The summed E-state index contributed by atoms with van der Waals surface area (Å²) in [5.74, 6) is 1.14. The molecule has 86 valence electrons. The van der Waals surface area contributed by atoms with E-state index in [4.69, 9.17) is 10.9 Å². The zero-order chi connectivity index (χ0) is 11.3. The molecule has 1 heterocycles. The first kappa shape index (κ1) is 12.2. The number of amidine groups is 1. The Labute approximate surface area is 93.5 Å². The van der Waals surface area contributed by atoms with E-state index in [2.05, 4.69) is 10.5 Å². The third-order valence-electron chi connectivity index (χ3n) is 2.42. The molecule has 0 aromatic rings. The second-order valence-electron chi connectivity index (χ2n) is 3.67. The van der Waals surface area contributed by atoms with Gasteiger partial charge in [-0.3, -0.25) is 4.79 Å². The van der Waals surface area contributed by atoms with Crippen molar-refractivity contribution >= 4 is 23.5 Å². The number of oxime groups is 1. The van der Waals surface area contributed by atoms with Crippen molar-refractivity contribution in [1.29, 1.82) is 0 Å². The van der Waals surface area contributed by atoms with Crippen LogP contribution in [-0.2, 0) is 4.79 Å². The van der Waals surface area contributed by atoms with Gasteiger partial charge in [-0.05, 0) is 18.6 Å². The van der Waals surface area contributed by atoms with Crippen LogP contribution in [-0.4, -0.2) is 34.5 Å². The number of carbonyl (C=O) groups excluding carboxylic acids is 1. The Morgan fingerprint density at radius 3 is 3.07 bits per heavy atom. The van der Waals surface area contributed by atoms with E-state index in [9.17, 15) is 4.79 Å². The highest BCUT2D eigenvalue weighted by molar-refractivity contribution is 8.00. The van der Waals surface area contributed by atoms with Gasteiger partial charge in [0.2, 0.25) is 5.91 Å². The average molecular weight is 231 g/mol. The van der Waals surface area contributed by atoms with Crippen LogP contribution in [0.3, 0.4) is 0 Å². The zero-order valence-electron chi connectivity index (χ0n) is 8.77. The lowest BCUT2D eigenvalue weighted by Gasteiger charge is -2.13. The molecule has 0 bridgehead atoms. The van der Waals surface area contributed by atoms with Crippen LogP contribution >= 0.6 is 11.8 Å². The zero-order valence-corrected chi connectivity index (χ0v) is 9.59. The van der Waals surface area contributed by atoms with Crippen LogP contribution in [0.15, 0.2) is 5.16 Å². The third-order valence-corrected chi connectivity index (χ3v) is 3.80. The maximum Gasteiger partial charge on any atom is 0.233 e. The Hall–Kier alpha value is -0.910. The normalized spacial score (nSPS) is 23.8. The number of carbonyl (C=O) groups is 1. The molecule has 0 radical (unpaired) electrons. The Bertz CT molecular complexity index is 252. The Morgan fingerprint density at radius 1 is 1.80 bits per heavy atom. The molecule has 15 heavy (non-hydrogen) atoms. The summed E-state index contributed by atoms with van der Waals surface area (Å²) in [6.07, 6.45) is 2.06. The van der Waals surface area contributed by atoms with E-state index in [1.54, 1.807) is 18.7 Å². The van der Waals surface area contributed by atoms with Crippen molar-refractivity contribution in [3.63, 3.8) is 0 Å². The molecule has 0 aromatic heterocycles. The average Bonchev–Trinajstić information content (AvgIpc) is 2.77. The molecular formula is C9H17N3O2S. The van der Waals surface area contributed by atoms with Gasteiger partial charge in [0.05, 0.1) is 5.25 Å². The van der Waals surface area contributed by atoms with Crippen molar-refractivity contribution in [3.05, 3.63) is 0 Å². The second kappa shape index (κ2) is 5.85. The van der Waals surface area contributed by atoms with Gasteiger partial charge in [-0.2, -0.15) is 0 Å². The molecule has 1 aliphatic heterocycles. The number of nitrogens with two attached hydrogens (primary N) is 1. The highest BCUT2D eigenvalue weighted by Gasteiger charge is 2.23. The number of hydrogen-bond acceptors (Lipinski definition) is 4. The molecule has 0 spiro atoms. The minimum absolute atomic E-state index is 0.0649. The molecule has 0 saturated carbocycles. The summed E-state index contributed by atoms with van der Waals surface area (Å²) in [6.45, 7) is 2.23. The molecule has 5 nitrogen and oxygen atoms in total. The van der Waals surface area contributed by atoms with E-state index in [0.717, 1.165) is 18.6 Å². The fraction of sp³-hybridized carbons (Fsp3) is 0.778. The van der Waals surface area contributed by atoms with Gasteiger partial charge in [0.1, 0.15) is 5.84 Å². The lowest BCUT2D eigenvalue weighted by Crippen LogP contribution is -2.38. The van der Waals surface area contributed by atoms with Crippen LogP contribution in [0.5, 0.6) is 0 Å². The smallest absolute Gasteiger partial charge is 0.233 e. The molecular weight excluding hydrogens is 214 g/mol. The fourth-order valence-electron chi connectivity index (χ4n) is 1.36. The highest BCUT2D eigenvalue weighted by Crippen LogP contribution is 2.25. The molecule has 1 rings (SSSR count). The van der Waals surface area contributed by atoms with E-state index in [1.807, 2.05) is 0 Å². The SMILES string of the molecule is CC(CNC(=O)C1CCCS1)C(N)=NO. The molecule has 1 aliphatic rings. The highest BCUT2D eigenvalue weighted by atomic mass is 32.2. The molecule has 0 aliphatic carbocycles. The van der Waals surface area contributed by atoms with Crippen molar-refractivity contribution in [1.82, 2.24) is 5.32 Å². The van der Waals surface area contributed by atoms with Crippen molar-refractivity contribution < 1.29 is 10.0 Å². The maximum absolute atomic E-state index is 11.6. The van der Waals surface area contributed by atoms with E-state index in [0.29, 0.717) is 6.54 Å². The predicted molar refractivity (Wildman–Crippen MR) is 61.1 cm³/mol. The van der Waals surface area contributed by atoms with E-state index < -0.39 is 0 Å². The summed E-state index contributed by atoms with van der Waals surface area (Å²) in [6, 6.07) is 0. The summed E-state index contributed by atoms with van der Waals surface area (Å²) in [5.41, 5.74) is 5.40. The Balaban J connectivity index is 2.27. The summed E-state index contributed by atoms with van der Waals surface area (Å²) in [5, 5.41) is 14.2. The topological polar surface area (TPSA) is 87.7 Å². The molecule has 4 N–H and O–H groups in total. The quantitative estimate of drug-likeness (QED) is 0.282. The first-order valence-corrected chi connectivity index (χ1v) is 6.06. The van der Waals surface area contributed by atoms with Crippen LogP contribution in [0.2, 0.25) is 0 Å². The summed E-state index contributed by atoms with van der Waals surface area (Å²) < 4.78 is 0. The van der Waals surface area contributed by atoms with Gasteiger partial charge in [-0.15, -0.1) is 11.8 Å². The number of nitrogens with one attached hydrogen (secondary N) is 1. The van der Waals surface area contributed by atoms with Crippen molar-refractivity contribution in [2.24, 2.45) is 16.8 Å². The van der Waals surface area contributed by atoms with Crippen molar-refractivity contribution in [3.8, 4) is 0 Å². The van der Waals surface area contributed by atoms with Gasteiger partial charge in [0.15, 0.2) is 0 Å². The van der Waals surface area contributed by atoms with Crippen LogP contribution < -0.4 is 11.1 Å². The van der Waals surface area contributed by atoms with Crippen molar-refractivity contribution in [2.45, 2.75) is 25.0 Å². The van der Waals surface area contributed by atoms with Gasteiger partial charge < -0.3 is 16.3 Å². The van der Waals surface area contributed by atoms with Gasteiger partial charge in [0, 0.05) is 12.5 Å². The Morgan fingerprint density at radius 2 is 2.53 bits per heavy atom. The molecule has 2 unspecified atom stereocenters. The minimum Gasteiger partial charge on any atom is -0.409 e. The standard InChI is InChI=1S/C9H17N3O2S/c1-6(8(10)12-14)5-11-9(13)7-3-2-4-15-7/h6-7,14H,2-5H2,1H3,(H2,10,12)(H,11,13). The number of nitrogens with zero attached hydrogens (tertiary/aromatic N) is 1. The van der Waals surface area contributed by atoms with Gasteiger partial charge in [-0.25, -0.2) is 0 Å². The van der Waals surface area contributed by atoms with Crippen LogP contribution in [0.1, 0.15) is 19.8 Å². The van der Waals surface area contributed by atoms with Gasteiger partial charge >= 0.3 is 0 Å². The molecule has 2 atom stereocenters. The molecule has 1 saturated heterocycles. The fourth-order valence-corrected chi connectivity index (χ4v) is 2.54. The predicted octanol–water partition coefficient (Wildman–Crippen LogP) is 0.381. The molecule has 6 heteroatoms. The molecule has 1 fully saturated rings. The largest absolute Gasteiger partial charge is 0.409 e. The van der Waals surface area contributed by atoms with Gasteiger partial charge in [-0.1, -0.05) is 12.1 Å². The second-order valence-corrected chi connectivity index (χ2v) is 4.98. The summed E-state index contributed by atoms with van der Waals surface area (Å²) >= 11 is 1.69. The maximum atomic E-state index is 11.6. The number of rotatable bonds is 4. The number of thioether (sulfide) groups is 1. The van der Waals surface area contributed by atoms with E-state index >= 15 is 0 Å². The minimum atomic E-state index is -0.134. The van der Waals surface area contributed by atoms with Crippen LogP contribution in [0.25, 0.3) is 0 Å². The van der Waals surface area contributed by atoms with E-state index in [-0.39, 0.29) is 22.9 Å². The monoisotopic (exact) mass is 231 g/mol. The van der Waals surface area contributed by atoms with Crippen LogP contribution in [0, 0.1) is 5.92 Å². The van der Waals surface area contributed by atoms with E-state index in [1.165, 1.54) is 0 Å². The van der Waals surface area contributed by atoms with Gasteiger partial charge in [0.25, 0.3) is 0 Å². The molecule has 1 amide bonds. The van der Waals surface area contributed by atoms with Crippen molar-refractivity contribution in [2.75, 3.05) is 12.3 Å². The van der Waals surface area contributed by atoms with Crippen LogP contribution in [0.4, 0.5) is 0 Å².